The Morgan fingerprint density at radius 2 is 0.855 bits per heavy atom. The molecule has 12 rings (SSSR count). The van der Waals surface area contributed by atoms with Gasteiger partial charge in [-0.3, -0.25) is 19.9 Å². The fraction of sp³-hybridized carbons (Fsp3) is 0.0833. The molecule has 0 radical (unpaired) electrons. The second kappa shape index (κ2) is 16.2. The zero-order valence-corrected chi connectivity index (χ0v) is 37.6. The maximum absolute atomic E-state index is 4.51. The van der Waals surface area contributed by atoms with Crippen LogP contribution in [0, 0.1) is 12.1 Å². The zero-order valence-electron chi connectivity index (χ0n) is 33.0. The van der Waals surface area contributed by atoms with Crippen molar-refractivity contribution in [3.63, 3.8) is 0 Å². The van der Waals surface area contributed by atoms with Crippen LogP contribution in [0.1, 0.15) is 44.8 Å². The molecule has 0 saturated heterocycles. The Kier molecular flexibility index (Phi) is 10.6. The number of rotatable bonds is 6. The minimum atomic E-state index is -0.685. The fourth-order valence-electron chi connectivity index (χ4n) is 8.98. The number of benzene rings is 2. The van der Waals surface area contributed by atoms with Gasteiger partial charge in [-0.05, 0) is 68.8 Å². The van der Waals surface area contributed by atoms with Crippen LogP contribution in [0.25, 0.3) is 22.3 Å². The fourth-order valence-corrected chi connectivity index (χ4v) is 8.98. The van der Waals surface area contributed by atoms with E-state index in [0.717, 1.165) is 78.4 Å². The molecule has 2 aliphatic heterocycles. The topological polar surface area (TPSA) is 118 Å². The summed E-state index contributed by atoms with van der Waals surface area (Å²) in [6.45, 7) is 0. The van der Waals surface area contributed by atoms with Gasteiger partial charge in [-0.15, -0.1) is 23.3 Å². The first-order chi connectivity index (χ1) is 29.6. The van der Waals surface area contributed by atoms with Crippen LogP contribution < -0.4 is 10.2 Å². The molecule has 0 atom stereocenters. The van der Waals surface area contributed by atoms with Crippen LogP contribution in [-0.4, -0.2) is 74.5 Å². The van der Waals surface area contributed by atoms with E-state index in [0.29, 0.717) is 0 Å². The Morgan fingerprint density at radius 1 is 0.484 bits per heavy atom. The van der Waals surface area contributed by atoms with Crippen LogP contribution in [0.4, 0.5) is 11.4 Å². The summed E-state index contributed by atoms with van der Waals surface area (Å²) < 4.78 is 7.62. The molecule has 0 N–H and O–H groups in total. The zero-order chi connectivity index (χ0) is 40.3. The third-order valence-corrected chi connectivity index (χ3v) is 11.5. The van der Waals surface area contributed by atoms with Gasteiger partial charge in [0.1, 0.15) is 11.4 Å². The third-order valence-electron chi connectivity index (χ3n) is 11.5. The molecular formula is C48H32N12Pt2+4. The van der Waals surface area contributed by atoms with E-state index in [1.54, 1.807) is 12.4 Å². The van der Waals surface area contributed by atoms with Gasteiger partial charge in [0.15, 0.2) is 14.1 Å². The number of nitrogens with zero attached hydrogens (tertiary/aromatic N) is 12. The summed E-state index contributed by atoms with van der Waals surface area (Å²) in [5, 5.41) is 17.3. The summed E-state index contributed by atoms with van der Waals surface area (Å²) in [6, 6.07) is 38.1. The first kappa shape index (κ1) is 40.5. The van der Waals surface area contributed by atoms with Gasteiger partial charge in [-0.25, -0.2) is 0 Å². The number of hydrogen-bond donors (Lipinski definition) is 0. The van der Waals surface area contributed by atoms with Gasteiger partial charge < -0.3 is 20.4 Å². The van der Waals surface area contributed by atoms with Crippen LogP contribution in [0.2, 0.25) is 0 Å². The molecule has 6 aromatic heterocycles. The SMILES string of the molecule is C[N+]1=C=[N+](c2[c-]c(C3(c4cc[n-]n4)c4cnccc4-c4ccncc43)ccc2)C=C1.C[N+]1=C=[N+](c2[c-]c(C3(c4cc[n-]n4)c4cnccc4-c4ccncc43)ccc2)C=C1.[Pt+2].[Pt+2]. The van der Waals surface area contributed by atoms with E-state index < -0.39 is 10.8 Å². The van der Waals surface area contributed by atoms with Crippen molar-refractivity contribution >= 4 is 23.4 Å². The average molecular weight is 1170 g/mol. The van der Waals surface area contributed by atoms with E-state index in [4.69, 9.17) is 0 Å². The van der Waals surface area contributed by atoms with Crippen LogP contribution in [0.3, 0.4) is 0 Å². The molecule has 0 bridgehead atoms. The molecule has 4 aliphatic rings. The summed E-state index contributed by atoms with van der Waals surface area (Å²) >= 11 is 0. The van der Waals surface area contributed by atoms with Crippen LogP contribution in [0.5, 0.6) is 0 Å². The van der Waals surface area contributed by atoms with Gasteiger partial charge in [0, 0.05) is 61.0 Å². The van der Waals surface area contributed by atoms with E-state index in [-0.39, 0.29) is 42.1 Å². The smallest absolute Gasteiger partial charge is 0.581 e. The van der Waals surface area contributed by atoms with E-state index >= 15 is 0 Å². The Bertz CT molecular complexity index is 2920. The Labute approximate surface area is 385 Å². The maximum Gasteiger partial charge on any atom is 2.00 e. The van der Waals surface area contributed by atoms with Crippen molar-refractivity contribution in [3.8, 4) is 22.3 Å². The molecule has 300 valence electrons. The Morgan fingerprint density at radius 3 is 1.16 bits per heavy atom. The second-order valence-electron chi connectivity index (χ2n) is 14.7. The van der Waals surface area contributed by atoms with Crippen molar-refractivity contribution in [2.45, 2.75) is 10.8 Å². The molecule has 0 spiro atoms. The van der Waals surface area contributed by atoms with Crippen molar-refractivity contribution in [2.24, 2.45) is 0 Å². The van der Waals surface area contributed by atoms with Crippen LogP contribution in [-0.2, 0) is 53.0 Å². The predicted octanol–water partition coefficient (Wildman–Crippen LogP) is 5.87. The molecular weight excluding hydrogens is 1130 g/mol. The van der Waals surface area contributed by atoms with Crippen molar-refractivity contribution in [3.05, 3.63) is 216 Å². The number of pyridine rings is 4. The molecule has 8 heterocycles. The summed E-state index contributed by atoms with van der Waals surface area (Å²) in [7, 11) is 3.89. The first-order valence-electron chi connectivity index (χ1n) is 19.2. The molecule has 14 heteroatoms. The summed E-state index contributed by atoms with van der Waals surface area (Å²) in [6.07, 6.45) is 26.3. The van der Waals surface area contributed by atoms with Crippen molar-refractivity contribution in [1.29, 1.82) is 0 Å². The van der Waals surface area contributed by atoms with E-state index in [2.05, 4.69) is 101 Å². The Hall–Kier alpha value is -6.92. The van der Waals surface area contributed by atoms with Gasteiger partial charge in [0.2, 0.25) is 12.4 Å². The Balaban J connectivity index is 0.000000153. The average Bonchev–Trinajstić information content (AvgIpc) is 4.17. The molecule has 0 saturated carbocycles. The van der Waals surface area contributed by atoms with E-state index in [9.17, 15) is 0 Å². The van der Waals surface area contributed by atoms with Gasteiger partial charge in [0.25, 0.3) is 12.4 Å². The van der Waals surface area contributed by atoms with Gasteiger partial charge in [-0.1, -0.05) is 42.6 Å². The molecule has 0 amide bonds. The predicted molar refractivity (Wildman–Crippen MR) is 219 cm³/mol. The molecule has 12 nitrogen and oxygen atoms in total. The third kappa shape index (κ3) is 6.14. The summed E-state index contributed by atoms with van der Waals surface area (Å²) in [5.41, 5.74) is 12.8. The number of hydrogen-bond acceptors (Lipinski definition) is 6. The summed E-state index contributed by atoms with van der Waals surface area (Å²) in [4.78, 5) is 17.8. The number of aromatic nitrogens is 8. The maximum atomic E-state index is 4.51. The van der Waals surface area contributed by atoms with Crippen molar-refractivity contribution in [2.75, 3.05) is 14.1 Å². The van der Waals surface area contributed by atoms with Crippen molar-refractivity contribution in [1.82, 2.24) is 40.3 Å². The minimum absolute atomic E-state index is 0. The first-order valence-corrected chi connectivity index (χ1v) is 19.2. The quantitative estimate of drug-likeness (QED) is 0.150. The molecule has 0 fully saturated rings. The number of fused-ring (bicyclic) bond motifs is 6. The minimum Gasteiger partial charge on any atom is -0.581 e. The molecule has 8 aromatic rings. The monoisotopic (exact) mass is 1170 g/mol. The van der Waals surface area contributed by atoms with Gasteiger partial charge >= 0.3 is 54.1 Å². The van der Waals surface area contributed by atoms with Gasteiger partial charge in [-0.2, -0.15) is 36.7 Å². The second-order valence-corrected chi connectivity index (χ2v) is 14.7. The summed E-state index contributed by atoms with van der Waals surface area (Å²) in [5.74, 6) is 0. The largest absolute Gasteiger partial charge is 2.00 e. The molecule has 2 aromatic carbocycles. The van der Waals surface area contributed by atoms with E-state index in [1.807, 2.05) is 143 Å². The van der Waals surface area contributed by atoms with Crippen LogP contribution in [0.15, 0.2) is 160 Å². The normalized spacial score (nSPS) is 15.0. The molecule has 2 aliphatic carbocycles. The molecule has 62 heavy (non-hydrogen) atoms. The van der Waals surface area contributed by atoms with Gasteiger partial charge in [0.05, 0.1) is 10.8 Å². The van der Waals surface area contributed by atoms with Crippen molar-refractivity contribution < 1.29 is 60.4 Å². The standard InChI is InChI=1S/2C24H16N6.2Pt/c2*1-29-11-12-30(16-29)18-4-2-3-17(13-18)24(23-7-10-27-28-23)21-14-25-8-5-19(21)20-6-9-26-15-22(20)24;;/h2*2-12,14-15H,1H3;;/q;;2*+2. The molecule has 0 unspecified atom stereocenters. The van der Waals surface area contributed by atoms with E-state index in [1.165, 1.54) is 0 Å². The van der Waals surface area contributed by atoms with Crippen LogP contribution >= 0.6 is 0 Å².